The molecule has 2 aliphatic rings. The second-order valence-corrected chi connectivity index (χ2v) is 7.79. The lowest BCUT2D eigenvalue weighted by atomic mass is 9.69. The zero-order chi connectivity index (χ0) is 15.3. The number of rotatable bonds is 4. The van der Waals surface area contributed by atoms with Gasteiger partial charge < -0.3 is 10.1 Å². The number of hydrogen-bond acceptors (Lipinski definition) is 2. The zero-order valence-electron chi connectivity index (χ0n) is 14.1. The normalized spacial score (nSPS) is 34.9. The first-order valence-electron chi connectivity index (χ1n) is 8.29. The average molecular weight is 287 g/mol. The Morgan fingerprint density at radius 2 is 1.95 bits per heavy atom. The van der Waals surface area contributed by atoms with Gasteiger partial charge >= 0.3 is 0 Å². The van der Waals surface area contributed by atoms with E-state index in [4.69, 9.17) is 4.74 Å². The molecule has 4 atom stereocenters. The van der Waals surface area contributed by atoms with E-state index in [2.05, 4.69) is 51.2 Å². The van der Waals surface area contributed by atoms with E-state index in [9.17, 15) is 0 Å². The van der Waals surface area contributed by atoms with Crippen LogP contribution >= 0.6 is 0 Å². The minimum Gasteiger partial charge on any atom is -0.496 e. The van der Waals surface area contributed by atoms with Crippen LogP contribution < -0.4 is 10.1 Å². The molecular formula is C19H29NO. The van der Waals surface area contributed by atoms with E-state index in [-0.39, 0.29) is 0 Å². The summed E-state index contributed by atoms with van der Waals surface area (Å²) in [6.07, 6.45) is 4.09. The van der Waals surface area contributed by atoms with Crippen LogP contribution in [0.4, 0.5) is 0 Å². The molecule has 4 unspecified atom stereocenters. The van der Waals surface area contributed by atoms with Crippen molar-refractivity contribution < 1.29 is 4.74 Å². The molecule has 21 heavy (non-hydrogen) atoms. The highest BCUT2D eigenvalue weighted by Gasteiger charge is 2.61. The van der Waals surface area contributed by atoms with E-state index >= 15 is 0 Å². The van der Waals surface area contributed by atoms with E-state index in [1.54, 1.807) is 7.11 Å². The van der Waals surface area contributed by atoms with Crippen LogP contribution in [0.3, 0.4) is 0 Å². The number of hydrogen-bond donors (Lipinski definition) is 1. The van der Waals surface area contributed by atoms with E-state index in [0.717, 1.165) is 11.7 Å². The minimum absolute atomic E-state index is 0.332. The van der Waals surface area contributed by atoms with Crippen LogP contribution in [-0.2, 0) is 0 Å². The predicted molar refractivity (Wildman–Crippen MR) is 87.6 cm³/mol. The van der Waals surface area contributed by atoms with E-state index in [0.29, 0.717) is 22.9 Å². The molecule has 2 aliphatic carbocycles. The van der Waals surface area contributed by atoms with Crippen molar-refractivity contribution in [1.29, 1.82) is 0 Å². The summed E-state index contributed by atoms with van der Waals surface area (Å²) in [5, 5.41) is 3.92. The molecule has 116 valence electrons. The molecule has 0 radical (unpaired) electrons. The number of benzene rings is 1. The summed E-state index contributed by atoms with van der Waals surface area (Å²) in [5.41, 5.74) is 2.16. The molecular weight excluding hydrogens is 258 g/mol. The molecule has 3 rings (SSSR count). The fraction of sp³-hybridized carbons (Fsp3) is 0.684. The Balaban J connectivity index is 1.79. The molecule has 0 aliphatic heterocycles. The van der Waals surface area contributed by atoms with E-state index in [1.165, 1.54) is 24.8 Å². The van der Waals surface area contributed by atoms with Crippen molar-refractivity contribution in [2.45, 2.75) is 59.0 Å². The first-order valence-corrected chi connectivity index (χ1v) is 8.29. The Labute approximate surface area is 129 Å². The van der Waals surface area contributed by atoms with Crippen LogP contribution in [0.2, 0.25) is 0 Å². The summed E-state index contributed by atoms with van der Waals surface area (Å²) >= 11 is 0. The van der Waals surface area contributed by atoms with Gasteiger partial charge in [0, 0.05) is 17.6 Å². The maximum Gasteiger partial charge on any atom is 0.123 e. The summed E-state index contributed by atoms with van der Waals surface area (Å²) in [6.45, 7) is 9.70. The van der Waals surface area contributed by atoms with Crippen molar-refractivity contribution in [3.05, 3.63) is 29.8 Å². The smallest absolute Gasteiger partial charge is 0.123 e. The summed E-state index contributed by atoms with van der Waals surface area (Å²) in [4.78, 5) is 0. The monoisotopic (exact) mass is 287 g/mol. The average Bonchev–Trinajstić information content (AvgIpc) is 2.80. The third-order valence-electron chi connectivity index (χ3n) is 6.85. The van der Waals surface area contributed by atoms with Crippen molar-refractivity contribution in [2.24, 2.45) is 16.7 Å². The van der Waals surface area contributed by atoms with Gasteiger partial charge in [-0.1, -0.05) is 39.0 Å². The van der Waals surface area contributed by atoms with Gasteiger partial charge in [-0.3, -0.25) is 0 Å². The number of nitrogens with one attached hydrogen (secondary N) is 1. The van der Waals surface area contributed by atoms with Crippen molar-refractivity contribution in [1.82, 2.24) is 5.32 Å². The molecule has 0 spiro atoms. The molecule has 2 nitrogen and oxygen atoms in total. The lowest BCUT2D eigenvalue weighted by Crippen LogP contribution is -2.45. The highest BCUT2D eigenvalue weighted by Crippen LogP contribution is 2.65. The van der Waals surface area contributed by atoms with Crippen LogP contribution in [-0.4, -0.2) is 13.2 Å². The topological polar surface area (TPSA) is 21.3 Å². The van der Waals surface area contributed by atoms with Crippen LogP contribution in [0.1, 0.15) is 58.6 Å². The largest absolute Gasteiger partial charge is 0.496 e. The molecule has 0 heterocycles. The minimum atomic E-state index is 0.332. The van der Waals surface area contributed by atoms with Gasteiger partial charge in [-0.2, -0.15) is 0 Å². The maximum atomic E-state index is 5.52. The molecule has 2 fully saturated rings. The van der Waals surface area contributed by atoms with E-state index in [1.807, 2.05) is 6.07 Å². The fourth-order valence-corrected chi connectivity index (χ4v) is 4.87. The molecule has 0 saturated heterocycles. The third kappa shape index (κ3) is 2.11. The molecule has 0 aromatic heterocycles. The first kappa shape index (κ1) is 14.9. The summed E-state index contributed by atoms with van der Waals surface area (Å²) in [6, 6.07) is 9.32. The molecule has 1 aromatic rings. The number of ether oxygens (including phenoxy) is 1. The van der Waals surface area contributed by atoms with Crippen molar-refractivity contribution in [2.75, 3.05) is 7.11 Å². The van der Waals surface area contributed by atoms with Gasteiger partial charge in [0.15, 0.2) is 0 Å². The molecule has 2 heteroatoms. The highest BCUT2D eigenvalue weighted by atomic mass is 16.5. The van der Waals surface area contributed by atoms with Gasteiger partial charge in [0.05, 0.1) is 7.11 Å². The van der Waals surface area contributed by atoms with Gasteiger partial charge in [-0.25, -0.2) is 0 Å². The van der Waals surface area contributed by atoms with Gasteiger partial charge in [0.2, 0.25) is 0 Å². The van der Waals surface area contributed by atoms with Gasteiger partial charge in [0.25, 0.3) is 0 Å². The Morgan fingerprint density at radius 3 is 2.52 bits per heavy atom. The summed E-state index contributed by atoms with van der Waals surface area (Å²) in [7, 11) is 1.76. The van der Waals surface area contributed by atoms with E-state index < -0.39 is 0 Å². The van der Waals surface area contributed by atoms with Crippen LogP contribution in [0.15, 0.2) is 24.3 Å². The summed E-state index contributed by atoms with van der Waals surface area (Å²) < 4.78 is 5.52. The standard InChI is InChI=1S/C19H29NO/c1-13(15-8-6-7-9-16(15)21-5)20-17-12-14-10-11-19(17,4)18(14,2)3/h6-9,13-14,17,20H,10-12H2,1-5H3. The second-order valence-electron chi connectivity index (χ2n) is 7.79. The van der Waals surface area contributed by atoms with Crippen molar-refractivity contribution in [3.63, 3.8) is 0 Å². The second kappa shape index (κ2) is 5.01. The molecule has 1 N–H and O–H groups in total. The lowest BCUT2D eigenvalue weighted by Gasteiger charge is -2.41. The number of fused-ring (bicyclic) bond motifs is 2. The maximum absolute atomic E-state index is 5.52. The fourth-order valence-electron chi connectivity index (χ4n) is 4.87. The van der Waals surface area contributed by atoms with Crippen LogP contribution in [0, 0.1) is 16.7 Å². The van der Waals surface area contributed by atoms with Gasteiger partial charge in [0.1, 0.15) is 5.75 Å². The highest BCUT2D eigenvalue weighted by molar-refractivity contribution is 5.35. The van der Waals surface area contributed by atoms with Crippen LogP contribution in [0.25, 0.3) is 0 Å². The van der Waals surface area contributed by atoms with Crippen molar-refractivity contribution >= 4 is 0 Å². The van der Waals surface area contributed by atoms with Crippen LogP contribution in [0.5, 0.6) is 5.75 Å². The Morgan fingerprint density at radius 1 is 1.24 bits per heavy atom. The number of para-hydroxylation sites is 1. The summed E-state index contributed by atoms with van der Waals surface area (Å²) in [5.74, 6) is 1.87. The third-order valence-corrected chi connectivity index (χ3v) is 6.85. The molecule has 2 saturated carbocycles. The zero-order valence-corrected chi connectivity index (χ0v) is 14.1. The Hall–Kier alpha value is -1.02. The molecule has 1 aromatic carbocycles. The van der Waals surface area contributed by atoms with Crippen molar-refractivity contribution in [3.8, 4) is 5.75 Å². The quantitative estimate of drug-likeness (QED) is 0.876. The molecule has 0 amide bonds. The van der Waals surface area contributed by atoms with Gasteiger partial charge in [-0.15, -0.1) is 0 Å². The van der Waals surface area contributed by atoms with Gasteiger partial charge in [-0.05, 0) is 49.0 Å². The number of methoxy groups -OCH3 is 1. The Kier molecular flexibility index (Phi) is 3.56. The predicted octanol–water partition coefficient (Wildman–Crippen LogP) is 4.56. The lowest BCUT2D eigenvalue weighted by molar-refractivity contribution is 0.116. The SMILES string of the molecule is COc1ccccc1C(C)NC1CC2CCC1(C)C2(C)C. The Bertz CT molecular complexity index is 524. The molecule has 2 bridgehead atoms. The first-order chi connectivity index (χ1) is 9.90.